The quantitative estimate of drug-likeness (QED) is 0.746. The third-order valence-corrected chi connectivity index (χ3v) is 2.42. The number of imidazole rings is 1. The molecule has 0 fully saturated rings. The molecule has 0 saturated heterocycles. The van der Waals surface area contributed by atoms with Gasteiger partial charge in [-0.2, -0.15) is 0 Å². The average Bonchev–Trinajstić information content (AvgIpc) is 2.68. The molecule has 2 atom stereocenters. The maximum atomic E-state index is 11.4. The van der Waals surface area contributed by atoms with Crippen LogP contribution in [0.4, 0.5) is 0 Å². The van der Waals surface area contributed by atoms with Crippen LogP contribution in [0.25, 0.3) is 0 Å². The number of hydrogen-bond donors (Lipinski definition) is 1. The van der Waals surface area contributed by atoms with Crippen LogP contribution in [-0.4, -0.2) is 22.5 Å². The largest absolute Gasteiger partial charge is 0.466 e. The predicted octanol–water partition coefficient (Wildman–Crippen LogP) is 1.71. The van der Waals surface area contributed by atoms with E-state index < -0.39 is 0 Å². The van der Waals surface area contributed by atoms with E-state index in [0.717, 1.165) is 5.69 Å². The zero-order valence-electron chi connectivity index (χ0n) is 8.78. The molecule has 0 amide bonds. The van der Waals surface area contributed by atoms with Crippen molar-refractivity contribution in [2.24, 2.45) is 5.92 Å². The fraction of sp³-hybridized carbons (Fsp3) is 0.600. The van der Waals surface area contributed by atoms with Gasteiger partial charge in [0.05, 0.1) is 18.9 Å². The number of rotatable bonds is 4. The minimum atomic E-state index is -0.158. The number of carbonyl (C=O) groups excluding carboxylic acids is 1. The molecule has 1 heterocycles. The van der Waals surface area contributed by atoms with Gasteiger partial charge in [-0.05, 0) is 6.92 Å². The molecule has 1 aromatic heterocycles. The Labute approximate surface area is 83.7 Å². The van der Waals surface area contributed by atoms with Crippen LogP contribution in [0.1, 0.15) is 32.4 Å². The first-order valence-electron chi connectivity index (χ1n) is 4.81. The molecule has 0 aromatic carbocycles. The lowest BCUT2D eigenvalue weighted by molar-refractivity contribution is -0.148. The van der Waals surface area contributed by atoms with E-state index in [0.29, 0.717) is 6.61 Å². The maximum Gasteiger partial charge on any atom is 0.309 e. The van der Waals surface area contributed by atoms with Gasteiger partial charge in [0.1, 0.15) is 0 Å². The van der Waals surface area contributed by atoms with Crippen LogP contribution in [0.2, 0.25) is 0 Å². The van der Waals surface area contributed by atoms with Crippen molar-refractivity contribution in [3.63, 3.8) is 0 Å². The molecule has 4 nitrogen and oxygen atoms in total. The highest BCUT2D eigenvalue weighted by atomic mass is 16.5. The molecule has 2 unspecified atom stereocenters. The summed E-state index contributed by atoms with van der Waals surface area (Å²) in [6.07, 6.45) is 3.35. The van der Waals surface area contributed by atoms with Crippen LogP contribution in [0.3, 0.4) is 0 Å². The van der Waals surface area contributed by atoms with Crippen molar-refractivity contribution in [3.05, 3.63) is 18.2 Å². The van der Waals surface area contributed by atoms with Gasteiger partial charge in [-0.1, -0.05) is 13.8 Å². The summed E-state index contributed by atoms with van der Waals surface area (Å²) in [6, 6.07) is 0. The van der Waals surface area contributed by atoms with Crippen molar-refractivity contribution in [1.82, 2.24) is 9.97 Å². The molecule has 0 bridgehead atoms. The third kappa shape index (κ3) is 2.34. The summed E-state index contributed by atoms with van der Waals surface area (Å²) in [5, 5.41) is 0. The van der Waals surface area contributed by atoms with E-state index in [1.165, 1.54) is 0 Å². The highest BCUT2D eigenvalue weighted by Gasteiger charge is 2.23. The number of nitrogens with zero attached hydrogens (tertiary/aromatic N) is 1. The van der Waals surface area contributed by atoms with E-state index in [9.17, 15) is 4.79 Å². The molecular formula is C10H16N2O2. The molecular weight excluding hydrogens is 180 g/mol. The van der Waals surface area contributed by atoms with E-state index >= 15 is 0 Å². The van der Waals surface area contributed by atoms with E-state index in [-0.39, 0.29) is 17.8 Å². The Morgan fingerprint density at radius 1 is 1.64 bits per heavy atom. The van der Waals surface area contributed by atoms with E-state index in [1.807, 2.05) is 20.8 Å². The van der Waals surface area contributed by atoms with Crippen molar-refractivity contribution < 1.29 is 9.53 Å². The molecule has 0 saturated carbocycles. The number of nitrogens with one attached hydrogen (secondary N) is 1. The second kappa shape index (κ2) is 4.79. The summed E-state index contributed by atoms with van der Waals surface area (Å²) in [5.74, 6) is -0.193. The number of hydrogen-bond acceptors (Lipinski definition) is 3. The first-order chi connectivity index (χ1) is 6.66. The van der Waals surface area contributed by atoms with Crippen molar-refractivity contribution >= 4 is 5.97 Å². The van der Waals surface area contributed by atoms with Crippen molar-refractivity contribution in [3.8, 4) is 0 Å². The molecule has 0 spiro atoms. The number of aromatic amines is 1. The van der Waals surface area contributed by atoms with Crippen LogP contribution < -0.4 is 0 Å². The summed E-state index contributed by atoms with van der Waals surface area (Å²) >= 11 is 0. The van der Waals surface area contributed by atoms with Gasteiger partial charge in [0.25, 0.3) is 0 Å². The molecule has 1 N–H and O–H groups in total. The first kappa shape index (κ1) is 10.8. The Kier molecular flexibility index (Phi) is 3.68. The van der Waals surface area contributed by atoms with E-state index in [1.54, 1.807) is 12.5 Å². The zero-order chi connectivity index (χ0) is 10.6. The second-order valence-electron chi connectivity index (χ2n) is 3.34. The predicted molar refractivity (Wildman–Crippen MR) is 52.8 cm³/mol. The topological polar surface area (TPSA) is 55.0 Å². The number of aromatic nitrogens is 2. The van der Waals surface area contributed by atoms with Crippen molar-refractivity contribution in [2.45, 2.75) is 26.7 Å². The standard InChI is InChI=1S/C10H16N2O2/c1-4-14-10(13)8(3)7(2)9-5-11-6-12-9/h5-8H,4H2,1-3H3,(H,11,12). The SMILES string of the molecule is CCOC(=O)C(C)C(C)c1cnc[nH]1. The third-order valence-electron chi connectivity index (χ3n) is 2.42. The molecule has 78 valence electrons. The average molecular weight is 196 g/mol. The molecule has 4 heteroatoms. The molecule has 14 heavy (non-hydrogen) atoms. The molecule has 0 radical (unpaired) electrons. The molecule has 1 aromatic rings. The summed E-state index contributed by atoms with van der Waals surface area (Å²) < 4.78 is 4.95. The lowest BCUT2D eigenvalue weighted by Crippen LogP contribution is -2.20. The Hall–Kier alpha value is -1.32. The maximum absolute atomic E-state index is 11.4. The van der Waals surface area contributed by atoms with E-state index in [4.69, 9.17) is 4.74 Å². The minimum Gasteiger partial charge on any atom is -0.466 e. The Balaban J connectivity index is 2.61. The highest BCUT2D eigenvalue weighted by Crippen LogP contribution is 2.22. The van der Waals surface area contributed by atoms with Crippen LogP contribution in [0.15, 0.2) is 12.5 Å². The lowest BCUT2D eigenvalue weighted by Gasteiger charge is -2.16. The Morgan fingerprint density at radius 2 is 2.36 bits per heavy atom. The van der Waals surface area contributed by atoms with Gasteiger partial charge < -0.3 is 9.72 Å². The molecule has 0 aliphatic heterocycles. The normalized spacial score (nSPS) is 14.8. The monoisotopic (exact) mass is 196 g/mol. The fourth-order valence-electron chi connectivity index (χ4n) is 1.26. The second-order valence-corrected chi connectivity index (χ2v) is 3.34. The smallest absolute Gasteiger partial charge is 0.309 e. The van der Waals surface area contributed by atoms with Gasteiger partial charge in [0, 0.05) is 17.8 Å². The summed E-state index contributed by atoms with van der Waals surface area (Å²) in [6.45, 7) is 6.09. The summed E-state index contributed by atoms with van der Waals surface area (Å²) in [7, 11) is 0. The molecule has 1 rings (SSSR count). The zero-order valence-corrected chi connectivity index (χ0v) is 8.78. The summed E-state index contributed by atoms with van der Waals surface area (Å²) in [5.41, 5.74) is 0.963. The van der Waals surface area contributed by atoms with Gasteiger partial charge in [-0.15, -0.1) is 0 Å². The van der Waals surface area contributed by atoms with Gasteiger partial charge in [-0.25, -0.2) is 4.98 Å². The van der Waals surface area contributed by atoms with E-state index in [2.05, 4.69) is 9.97 Å². The van der Waals surface area contributed by atoms with Gasteiger partial charge >= 0.3 is 5.97 Å². The lowest BCUT2D eigenvalue weighted by atomic mass is 9.93. The van der Waals surface area contributed by atoms with Crippen molar-refractivity contribution in [2.75, 3.05) is 6.61 Å². The number of carbonyl (C=O) groups is 1. The number of H-pyrrole nitrogens is 1. The van der Waals surface area contributed by atoms with Gasteiger partial charge in [0.2, 0.25) is 0 Å². The Bertz CT molecular complexity index is 282. The van der Waals surface area contributed by atoms with Gasteiger partial charge in [0.15, 0.2) is 0 Å². The number of ether oxygens (including phenoxy) is 1. The molecule has 0 aliphatic carbocycles. The first-order valence-corrected chi connectivity index (χ1v) is 4.81. The molecule has 0 aliphatic rings. The fourth-order valence-corrected chi connectivity index (χ4v) is 1.26. The van der Waals surface area contributed by atoms with Gasteiger partial charge in [-0.3, -0.25) is 4.79 Å². The van der Waals surface area contributed by atoms with Crippen LogP contribution in [0, 0.1) is 5.92 Å². The minimum absolute atomic E-state index is 0.108. The van der Waals surface area contributed by atoms with Crippen molar-refractivity contribution in [1.29, 1.82) is 0 Å². The summed E-state index contributed by atoms with van der Waals surface area (Å²) in [4.78, 5) is 18.3. The highest BCUT2D eigenvalue weighted by molar-refractivity contribution is 5.73. The van der Waals surface area contributed by atoms with Crippen LogP contribution in [0.5, 0.6) is 0 Å². The Morgan fingerprint density at radius 3 is 2.86 bits per heavy atom. The van der Waals surface area contributed by atoms with Crippen LogP contribution in [-0.2, 0) is 9.53 Å². The number of esters is 1. The van der Waals surface area contributed by atoms with Crippen LogP contribution >= 0.6 is 0 Å².